The van der Waals surface area contributed by atoms with Crippen LogP contribution in [0.3, 0.4) is 0 Å². The van der Waals surface area contributed by atoms with Crippen LogP contribution >= 0.6 is 11.8 Å². The summed E-state index contributed by atoms with van der Waals surface area (Å²) in [5, 5.41) is 9.63. The van der Waals surface area contributed by atoms with Crippen molar-refractivity contribution in [2.45, 2.75) is 10.1 Å². The molecule has 1 N–H and O–H groups in total. The van der Waals surface area contributed by atoms with Crippen LogP contribution in [0.25, 0.3) is 0 Å². The van der Waals surface area contributed by atoms with Gasteiger partial charge in [0.25, 0.3) is 0 Å². The van der Waals surface area contributed by atoms with E-state index in [4.69, 9.17) is 9.84 Å². The molecule has 0 aromatic heterocycles. The topological polar surface area (TPSA) is 29.5 Å². The number of thioether (sulfide) groups is 1. The first-order valence-electron chi connectivity index (χ1n) is 3.88. The van der Waals surface area contributed by atoms with Crippen molar-refractivity contribution in [2.24, 2.45) is 0 Å². The number of ether oxygens (including phenoxy) is 1. The minimum Gasteiger partial charge on any atom is -0.508 e. The maximum Gasteiger partial charge on any atom is 0.115 e. The molecular weight excluding hydrogens is 172 g/mol. The van der Waals surface area contributed by atoms with E-state index >= 15 is 0 Å². The number of hydrogen-bond acceptors (Lipinski definition) is 3. The number of hydrogen-bond donors (Lipinski definition) is 1. The molecule has 2 nitrogen and oxygen atoms in total. The average molecular weight is 182 g/mol. The highest BCUT2D eigenvalue weighted by Gasteiger charge is 2.18. The van der Waals surface area contributed by atoms with Gasteiger partial charge in [-0.25, -0.2) is 0 Å². The lowest BCUT2D eigenvalue weighted by Gasteiger charge is -2.25. The molecule has 64 valence electrons. The van der Waals surface area contributed by atoms with Crippen molar-refractivity contribution in [1.29, 1.82) is 0 Å². The summed E-state index contributed by atoms with van der Waals surface area (Å²) in [5.74, 6) is 0.323. The first-order chi connectivity index (χ1) is 5.84. The fourth-order valence-electron chi connectivity index (χ4n) is 0.999. The monoisotopic (exact) mass is 182 g/mol. The summed E-state index contributed by atoms with van der Waals surface area (Å²) in [4.78, 5) is 1.20. The predicted octanol–water partition coefficient (Wildman–Crippen LogP) is 1.88. The van der Waals surface area contributed by atoms with E-state index in [1.807, 2.05) is 12.1 Å². The van der Waals surface area contributed by atoms with E-state index in [0.717, 1.165) is 13.2 Å². The number of aromatic hydroxyl groups is 1. The van der Waals surface area contributed by atoms with Crippen molar-refractivity contribution in [3.05, 3.63) is 24.3 Å². The van der Waals surface area contributed by atoms with Gasteiger partial charge in [0.1, 0.15) is 5.75 Å². The summed E-state index contributed by atoms with van der Waals surface area (Å²) in [6.07, 6.45) is 0. The van der Waals surface area contributed by atoms with Crippen molar-refractivity contribution in [3.63, 3.8) is 0 Å². The standard InChI is InChI=1S/C9H10O2S/c10-7-1-3-8(4-2-7)12-9-5-11-6-9/h1-4,9-10H,5-6H2. The molecule has 3 heteroatoms. The highest BCUT2D eigenvalue weighted by atomic mass is 32.2. The second-order valence-corrected chi connectivity index (χ2v) is 4.14. The first kappa shape index (κ1) is 7.95. The Labute approximate surface area is 75.6 Å². The van der Waals surface area contributed by atoms with Crippen LogP contribution in [0.15, 0.2) is 29.2 Å². The second-order valence-electron chi connectivity index (χ2n) is 2.77. The highest BCUT2D eigenvalue weighted by molar-refractivity contribution is 8.00. The summed E-state index contributed by atoms with van der Waals surface area (Å²) < 4.78 is 5.06. The molecule has 0 atom stereocenters. The Balaban J connectivity index is 1.98. The zero-order chi connectivity index (χ0) is 8.39. The molecule has 1 heterocycles. The lowest BCUT2D eigenvalue weighted by atomic mass is 10.3. The van der Waals surface area contributed by atoms with Gasteiger partial charge in [-0.1, -0.05) is 0 Å². The van der Waals surface area contributed by atoms with Crippen molar-refractivity contribution in [2.75, 3.05) is 13.2 Å². The van der Waals surface area contributed by atoms with Crippen LogP contribution in [0.2, 0.25) is 0 Å². The molecule has 1 fully saturated rings. The Kier molecular flexibility index (Phi) is 2.23. The molecule has 2 rings (SSSR count). The largest absolute Gasteiger partial charge is 0.508 e. The Morgan fingerprint density at radius 3 is 2.42 bits per heavy atom. The van der Waals surface area contributed by atoms with Gasteiger partial charge in [-0.15, -0.1) is 11.8 Å². The zero-order valence-corrected chi connectivity index (χ0v) is 7.38. The van der Waals surface area contributed by atoms with Crippen LogP contribution in [0.1, 0.15) is 0 Å². The fourth-order valence-corrected chi connectivity index (χ4v) is 2.01. The number of benzene rings is 1. The average Bonchev–Trinajstić information content (AvgIpc) is 2.00. The molecule has 1 aromatic rings. The highest BCUT2D eigenvalue weighted by Crippen LogP contribution is 2.28. The van der Waals surface area contributed by atoms with E-state index in [-0.39, 0.29) is 0 Å². The normalized spacial score (nSPS) is 17.3. The minimum atomic E-state index is 0.323. The Hall–Kier alpha value is -0.670. The summed E-state index contributed by atoms with van der Waals surface area (Å²) in [5.41, 5.74) is 0. The van der Waals surface area contributed by atoms with E-state index in [9.17, 15) is 0 Å². The first-order valence-corrected chi connectivity index (χ1v) is 4.76. The lowest BCUT2D eigenvalue weighted by Crippen LogP contribution is -2.29. The molecule has 1 aliphatic rings. The van der Waals surface area contributed by atoms with Crippen molar-refractivity contribution in [1.82, 2.24) is 0 Å². The number of phenolic OH excluding ortho intramolecular Hbond substituents is 1. The van der Waals surface area contributed by atoms with Crippen molar-refractivity contribution in [3.8, 4) is 5.75 Å². The quantitative estimate of drug-likeness (QED) is 0.757. The van der Waals surface area contributed by atoms with E-state index in [1.54, 1.807) is 23.9 Å². The van der Waals surface area contributed by atoms with Gasteiger partial charge in [0.15, 0.2) is 0 Å². The number of rotatable bonds is 2. The van der Waals surface area contributed by atoms with E-state index in [0.29, 0.717) is 11.0 Å². The summed E-state index contributed by atoms with van der Waals surface area (Å²) in [7, 11) is 0. The molecule has 0 unspecified atom stereocenters. The third-order valence-corrected chi connectivity index (χ3v) is 2.90. The maximum absolute atomic E-state index is 9.03. The van der Waals surface area contributed by atoms with Crippen LogP contribution in [-0.4, -0.2) is 23.6 Å². The third kappa shape index (κ3) is 1.73. The molecule has 12 heavy (non-hydrogen) atoms. The SMILES string of the molecule is Oc1ccc(SC2COC2)cc1. The molecule has 0 aliphatic carbocycles. The van der Waals surface area contributed by atoms with Crippen molar-refractivity contribution < 1.29 is 9.84 Å². The van der Waals surface area contributed by atoms with Crippen molar-refractivity contribution >= 4 is 11.8 Å². The Morgan fingerprint density at radius 1 is 1.25 bits per heavy atom. The Bertz CT molecular complexity index is 254. The molecule has 1 saturated heterocycles. The molecule has 0 spiro atoms. The van der Waals surface area contributed by atoms with Crippen LogP contribution < -0.4 is 0 Å². The van der Waals surface area contributed by atoms with E-state index in [1.165, 1.54) is 4.90 Å². The van der Waals surface area contributed by atoms with Gasteiger partial charge in [-0.3, -0.25) is 0 Å². The summed E-state index contributed by atoms with van der Waals surface area (Å²) >= 11 is 1.80. The van der Waals surface area contributed by atoms with Crippen LogP contribution in [0, 0.1) is 0 Å². The molecule has 1 aliphatic heterocycles. The third-order valence-electron chi connectivity index (χ3n) is 1.75. The number of phenols is 1. The van der Waals surface area contributed by atoms with Crippen LogP contribution in [0.5, 0.6) is 5.75 Å². The van der Waals surface area contributed by atoms with Crippen LogP contribution in [-0.2, 0) is 4.74 Å². The lowest BCUT2D eigenvalue weighted by molar-refractivity contribution is 0.0455. The summed E-state index contributed by atoms with van der Waals surface area (Å²) in [6.45, 7) is 1.71. The molecule has 0 radical (unpaired) electrons. The maximum atomic E-state index is 9.03. The van der Waals surface area contributed by atoms with Gasteiger partial charge < -0.3 is 9.84 Å². The van der Waals surface area contributed by atoms with Gasteiger partial charge in [-0.05, 0) is 24.3 Å². The fraction of sp³-hybridized carbons (Fsp3) is 0.333. The second kappa shape index (κ2) is 3.37. The van der Waals surface area contributed by atoms with Gasteiger partial charge >= 0.3 is 0 Å². The van der Waals surface area contributed by atoms with Gasteiger partial charge in [0.05, 0.1) is 18.5 Å². The zero-order valence-electron chi connectivity index (χ0n) is 6.56. The predicted molar refractivity (Wildman–Crippen MR) is 48.6 cm³/mol. The van der Waals surface area contributed by atoms with E-state index in [2.05, 4.69) is 0 Å². The van der Waals surface area contributed by atoms with Crippen LogP contribution in [0.4, 0.5) is 0 Å². The van der Waals surface area contributed by atoms with Gasteiger partial charge in [0, 0.05) is 4.90 Å². The molecule has 1 aromatic carbocycles. The van der Waals surface area contributed by atoms with E-state index < -0.39 is 0 Å². The van der Waals surface area contributed by atoms with Gasteiger partial charge in [-0.2, -0.15) is 0 Å². The molecule has 0 saturated carbocycles. The minimum absolute atomic E-state index is 0.323. The molecule has 0 amide bonds. The smallest absolute Gasteiger partial charge is 0.115 e. The van der Waals surface area contributed by atoms with Gasteiger partial charge in [0.2, 0.25) is 0 Å². The summed E-state index contributed by atoms with van der Waals surface area (Å²) in [6, 6.07) is 7.28. The Morgan fingerprint density at radius 2 is 1.92 bits per heavy atom. The molecular formula is C9H10O2S. The molecule has 0 bridgehead atoms.